The van der Waals surface area contributed by atoms with E-state index in [1.54, 1.807) is 30.3 Å². The van der Waals surface area contributed by atoms with Gasteiger partial charge in [0.1, 0.15) is 12.4 Å². The number of hydrogen-bond acceptors (Lipinski definition) is 6. The van der Waals surface area contributed by atoms with E-state index in [0.717, 1.165) is 11.1 Å². The van der Waals surface area contributed by atoms with Crippen LogP contribution in [0.15, 0.2) is 36.4 Å². The summed E-state index contributed by atoms with van der Waals surface area (Å²) in [6.07, 6.45) is 0. The van der Waals surface area contributed by atoms with Crippen LogP contribution in [0.25, 0.3) is 0 Å². The molecule has 7 nitrogen and oxygen atoms in total. The number of benzene rings is 2. The van der Waals surface area contributed by atoms with Crippen LogP contribution >= 0.6 is 34.8 Å². The maximum Gasteiger partial charge on any atom is 0.260 e. The molecular weight excluding hydrogens is 387 g/mol. The molecule has 3 N–H and O–H groups in total. The largest absolute Gasteiger partial charge is 0.489 e. The van der Waals surface area contributed by atoms with Crippen molar-refractivity contribution in [2.45, 2.75) is 13.2 Å². The average molecular weight is 400 g/mol. The smallest absolute Gasteiger partial charge is 0.260 e. The van der Waals surface area contributed by atoms with Gasteiger partial charge in [-0.2, -0.15) is 0 Å². The van der Waals surface area contributed by atoms with Gasteiger partial charge in [0.05, 0.1) is 16.6 Å². The third kappa shape index (κ3) is 4.45. The van der Waals surface area contributed by atoms with Crippen molar-refractivity contribution in [2.24, 2.45) is 0 Å². The van der Waals surface area contributed by atoms with Crippen molar-refractivity contribution in [1.82, 2.24) is 20.3 Å². The van der Waals surface area contributed by atoms with E-state index < -0.39 is 0 Å². The van der Waals surface area contributed by atoms with Crippen molar-refractivity contribution in [3.63, 3.8) is 0 Å². The van der Waals surface area contributed by atoms with Gasteiger partial charge in [0.25, 0.3) is 5.95 Å². The van der Waals surface area contributed by atoms with Crippen LogP contribution in [-0.4, -0.2) is 20.3 Å². The van der Waals surface area contributed by atoms with Crippen molar-refractivity contribution >= 4 is 40.8 Å². The van der Waals surface area contributed by atoms with Crippen LogP contribution in [0.3, 0.4) is 0 Å². The topological polar surface area (TPSA) is 90.9 Å². The highest BCUT2D eigenvalue weighted by Gasteiger charge is 2.08. The molecule has 2 aromatic carbocycles. The van der Waals surface area contributed by atoms with E-state index in [-0.39, 0.29) is 5.95 Å². The maximum absolute atomic E-state index is 6.08. The first-order valence-electron chi connectivity index (χ1n) is 7.16. The number of anilines is 1. The summed E-state index contributed by atoms with van der Waals surface area (Å²) in [5, 5.41) is 12.3. The number of ether oxygens (including phenoxy) is 1. The van der Waals surface area contributed by atoms with Gasteiger partial charge in [-0.1, -0.05) is 46.0 Å². The molecule has 130 valence electrons. The lowest BCUT2D eigenvalue weighted by molar-refractivity contribution is 0.303. The molecule has 0 saturated heterocycles. The van der Waals surface area contributed by atoms with Gasteiger partial charge in [-0.25, -0.2) is 0 Å². The summed E-state index contributed by atoms with van der Waals surface area (Å²) in [5.41, 5.74) is 10.3. The van der Waals surface area contributed by atoms with E-state index in [9.17, 15) is 0 Å². The predicted octanol–water partition coefficient (Wildman–Crippen LogP) is 3.54. The zero-order valence-electron chi connectivity index (χ0n) is 12.8. The fraction of sp³-hybridized carbons (Fsp3) is 0.133. The van der Waals surface area contributed by atoms with Gasteiger partial charge in [-0.15, -0.1) is 4.79 Å². The van der Waals surface area contributed by atoms with Crippen LogP contribution < -0.4 is 15.9 Å². The SMILES string of the molecule is Nc1nnnn1NCc1cc(Cl)ccc1OCc1ccc(Cl)c(Cl)c1. The minimum Gasteiger partial charge on any atom is -0.489 e. The summed E-state index contributed by atoms with van der Waals surface area (Å²) >= 11 is 18.0. The van der Waals surface area contributed by atoms with Gasteiger partial charge < -0.3 is 15.9 Å². The monoisotopic (exact) mass is 398 g/mol. The summed E-state index contributed by atoms with van der Waals surface area (Å²) in [6, 6.07) is 10.7. The normalized spacial score (nSPS) is 10.7. The van der Waals surface area contributed by atoms with E-state index in [2.05, 4.69) is 21.0 Å². The molecular formula is C15H13Cl3N6O. The number of halogens is 3. The first-order chi connectivity index (χ1) is 12.0. The molecule has 3 rings (SSSR count). The highest BCUT2D eigenvalue weighted by molar-refractivity contribution is 6.42. The number of nitrogens with zero attached hydrogens (tertiary/aromatic N) is 4. The third-order valence-electron chi connectivity index (χ3n) is 3.31. The van der Waals surface area contributed by atoms with Crippen LogP contribution in [0, 0.1) is 0 Å². The lowest BCUT2D eigenvalue weighted by Gasteiger charge is -2.13. The molecule has 0 amide bonds. The van der Waals surface area contributed by atoms with Gasteiger partial charge in [0.2, 0.25) is 0 Å². The maximum atomic E-state index is 6.08. The fourth-order valence-corrected chi connectivity index (χ4v) is 2.60. The Kier molecular flexibility index (Phi) is 5.47. The molecule has 25 heavy (non-hydrogen) atoms. The summed E-state index contributed by atoms with van der Waals surface area (Å²) < 4.78 is 5.88. The summed E-state index contributed by atoms with van der Waals surface area (Å²) in [4.78, 5) is 1.27. The molecule has 0 aliphatic rings. The van der Waals surface area contributed by atoms with Gasteiger partial charge in [-0.05, 0) is 46.3 Å². The molecule has 1 heterocycles. The molecule has 0 atom stereocenters. The number of hydrogen-bond donors (Lipinski definition) is 2. The van der Waals surface area contributed by atoms with E-state index in [1.165, 1.54) is 4.79 Å². The van der Waals surface area contributed by atoms with Crippen molar-refractivity contribution in [3.8, 4) is 5.75 Å². The Labute approximate surface area is 158 Å². The second-order valence-corrected chi connectivity index (χ2v) is 6.32. The lowest BCUT2D eigenvalue weighted by Crippen LogP contribution is -2.18. The number of rotatable bonds is 6. The predicted molar refractivity (Wildman–Crippen MR) is 97.5 cm³/mol. The van der Waals surface area contributed by atoms with Crippen LogP contribution in [-0.2, 0) is 13.2 Å². The van der Waals surface area contributed by atoms with E-state index >= 15 is 0 Å². The number of aromatic nitrogens is 4. The number of nitrogens with one attached hydrogen (secondary N) is 1. The molecule has 1 aromatic heterocycles. The number of nitrogens with two attached hydrogens (primary N) is 1. The Morgan fingerprint density at radius 3 is 2.64 bits per heavy atom. The van der Waals surface area contributed by atoms with E-state index in [4.69, 9.17) is 45.3 Å². The van der Waals surface area contributed by atoms with Gasteiger partial charge in [-0.3, -0.25) is 0 Å². The van der Waals surface area contributed by atoms with Crippen molar-refractivity contribution in [1.29, 1.82) is 0 Å². The quantitative estimate of drug-likeness (QED) is 0.659. The first-order valence-corrected chi connectivity index (χ1v) is 8.29. The van der Waals surface area contributed by atoms with Crippen LogP contribution in [0.5, 0.6) is 5.75 Å². The molecule has 0 bridgehead atoms. The first kappa shape index (κ1) is 17.6. The Morgan fingerprint density at radius 2 is 1.92 bits per heavy atom. The highest BCUT2D eigenvalue weighted by atomic mass is 35.5. The number of nitrogen functional groups attached to an aromatic ring is 1. The number of tetrazole rings is 1. The summed E-state index contributed by atoms with van der Waals surface area (Å²) in [7, 11) is 0. The Bertz CT molecular complexity index is 885. The zero-order chi connectivity index (χ0) is 17.8. The van der Waals surface area contributed by atoms with Crippen LogP contribution in [0.1, 0.15) is 11.1 Å². The molecule has 0 fully saturated rings. The lowest BCUT2D eigenvalue weighted by atomic mass is 10.2. The van der Waals surface area contributed by atoms with E-state index in [1.807, 2.05) is 6.07 Å². The second-order valence-electron chi connectivity index (χ2n) is 5.07. The Balaban J connectivity index is 1.72. The summed E-state index contributed by atoms with van der Waals surface area (Å²) in [6.45, 7) is 0.699. The van der Waals surface area contributed by atoms with Gasteiger partial charge in [0.15, 0.2) is 0 Å². The van der Waals surface area contributed by atoms with Crippen LogP contribution in [0.4, 0.5) is 5.95 Å². The van der Waals surface area contributed by atoms with Gasteiger partial charge in [0, 0.05) is 10.6 Å². The van der Waals surface area contributed by atoms with Crippen molar-refractivity contribution in [3.05, 3.63) is 62.6 Å². The second kappa shape index (κ2) is 7.77. The highest BCUT2D eigenvalue weighted by Crippen LogP contribution is 2.26. The van der Waals surface area contributed by atoms with E-state index in [0.29, 0.717) is 34.0 Å². The van der Waals surface area contributed by atoms with Crippen LogP contribution in [0.2, 0.25) is 15.1 Å². The molecule has 0 aliphatic heterocycles. The zero-order valence-corrected chi connectivity index (χ0v) is 15.1. The molecule has 0 unspecified atom stereocenters. The minimum atomic E-state index is 0.153. The fourth-order valence-electron chi connectivity index (χ4n) is 2.08. The summed E-state index contributed by atoms with van der Waals surface area (Å²) in [5.74, 6) is 0.815. The van der Waals surface area contributed by atoms with Crippen molar-refractivity contribution < 1.29 is 4.74 Å². The molecule has 10 heteroatoms. The van der Waals surface area contributed by atoms with Crippen molar-refractivity contribution in [2.75, 3.05) is 11.2 Å². The third-order valence-corrected chi connectivity index (χ3v) is 4.29. The molecule has 3 aromatic rings. The Hall–Kier alpha value is -2.22. The minimum absolute atomic E-state index is 0.153. The molecule has 0 radical (unpaired) electrons. The molecule has 0 aliphatic carbocycles. The molecule has 0 spiro atoms. The Morgan fingerprint density at radius 1 is 1.08 bits per heavy atom. The van der Waals surface area contributed by atoms with Gasteiger partial charge >= 0.3 is 0 Å². The standard InChI is InChI=1S/C15H13Cl3N6O/c16-11-2-4-14(25-8-9-1-3-12(17)13(18)5-9)10(6-11)7-20-24-15(19)21-22-23-24/h1-6,20H,7-8H2,(H2,19,21,23). The molecule has 0 saturated carbocycles. The average Bonchev–Trinajstić information content (AvgIpc) is 3.00.